The third-order valence-corrected chi connectivity index (χ3v) is 4.97. The quantitative estimate of drug-likeness (QED) is 0.339. The second kappa shape index (κ2) is 8.26. The van der Waals surface area contributed by atoms with Gasteiger partial charge in [-0.1, -0.05) is 70.0 Å². The highest BCUT2D eigenvalue weighted by molar-refractivity contribution is 9.12. The monoisotopic (exact) mass is 426 g/mol. The van der Waals surface area contributed by atoms with Crippen LogP contribution in [0.4, 0.5) is 0 Å². The highest BCUT2D eigenvalue weighted by Gasteiger charge is 2.09. The summed E-state index contributed by atoms with van der Waals surface area (Å²) in [6.45, 7) is 0. The van der Waals surface area contributed by atoms with Crippen LogP contribution in [0.5, 0.6) is 0 Å². The first-order chi connectivity index (χ1) is 12.2. The number of aromatic nitrogens is 1. The third kappa shape index (κ3) is 4.67. The van der Waals surface area contributed by atoms with Crippen molar-refractivity contribution < 1.29 is 0 Å². The minimum Gasteiger partial charge on any atom is -0.235 e. The van der Waals surface area contributed by atoms with Gasteiger partial charge in [-0.15, -0.1) is 11.3 Å². The smallest absolute Gasteiger partial charge is 0.134 e. The van der Waals surface area contributed by atoms with Crippen LogP contribution in [0.2, 0.25) is 5.02 Å². The first-order valence-corrected chi connectivity index (χ1v) is 9.46. The van der Waals surface area contributed by atoms with Crippen molar-refractivity contribution in [3.05, 3.63) is 86.1 Å². The molecule has 0 saturated carbocycles. The molecule has 1 aromatic heterocycles. The molecule has 0 bridgehead atoms. The van der Waals surface area contributed by atoms with Crippen LogP contribution >= 0.6 is 38.9 Å². The van der Waals surface area contributed by atoms with E-state index in [1.807, 2.05) is 66.1 Å². The van der Waals surface area contributed by atoms with Crippen molar-refractivity contribution in [2.24, 2.45) is 0 Å². The Labute approximate surface area is 163 Å². The number of thiazole rings is 1. The summed E-state index contributed by atoms with van der Waals surface area (Å²) >= 11 is 10.9. The summed E-state index contributed by atoms with van der Waals surface area (Å²) < 4.78 is 0.818. The summed E-state index contributed by atoms with van der Waals surface area (Å²) in [5, 5.41) is 12.8. The molecule has 0 N–H and O–H groups in total. The summed E-state index contributed by atoms with van der Waals surface area (Å²) in [5.74, 6) is 0. The van der Waals surface area contributed by atoms with E-state index >= 15 is 0 Å². The van der Waals surface area contributed by atoms with Crippen molar-refractivity contribution in [1.29, 1.82) is 5.26 Å². The van der Waals surface area contributed by atoms with Gasteiger partial charge in [0.2, 0.25) is 0 Å². The Balaban J connectivity index is 1.88. The van der Waals surface area contributed by atoms with E-state index in [9.17, 15) is 5.26 Å². The van der Waals surface area contributed by atoms with Crippen molar-refractivity contribution in [2.75, 3.05) is 0 Å². The van der Waals surface area contributed by atoms with Crippen LogP contribution in [-0.2, 0) is 0 Å². The number of allylic oxidation sites excluding steroid dienone is 3. The van der Waals surface area contributed by atoms with Crippen LogP contribution < -0.4 is 0 Å². The SMILES string of the molecule is N#C/C(=C/C(Br)=C/c1ccccc1)c1nc(-c2ccc(Cl)cc2)cs1. The number of nitriles is 1. The van der Waals surface area contributed by atoms with E-state index < -0.39 is 0 Å². The molecule has 3 aromatic rings. The standard InChI is InChI=1S/C20H12BrClN2S/c21-17(10-14-4-2-1-3-5-14)11-16(12-23)20-24-19(13-25-20)15-6-8-18(22)9-7-15/h1-11,13H/b16-11-,17-10-. The molecule has 3 rings (SSSR count). The molecule has 2 aromatic carbocycles. The third-order valence-electron chi connectivity index (χ3n) is 3.38. The van der Waals surface area contributed by atoms with Gasteiger partial charge in [0.05, 0.1) is 11.3 Å². The molecular weight excluding hydrogens is 416 g/mol. The van der Waals surface area contributed by atoms with Gasteiger partial charge in [-0.2, -0.15) is 5.26 Å². The van der Waals surface area contributed by atoms with Gasteiger partial charge >= 0.3 is 0 Å². The van der Waals surface area contributed by atoms with E-state index in [1.54, 1.807) is 6.08 Å². The predicted octanol–water partition coefficient (Wildman–Crippen LogP) is 6.81. The molecule has 0 amide bonds. The van der Waals surface area contributed by atoms with Gasteiger partial charge in [-0.3, -0.25) is 0 Å². The summed E-state index contributed by atoms with van der Waals surface area (Å²) in [5.41, 5.74) is 3.39. The van der Waals surface area contributed by atoms with Gasteiger partial charge in [0, 0.05) is 20.4 Å². The van der Waals surface area contributed by atoms with Gasteiger partial charge in [0.1, 0.15) is 11.1 Å². The molecular formula is C20H12BrClN2S. The zero-order valence-electron chi connectivity index (χ0n) is 13.0. The Morgan fingerprint density at radius 2 is 1.84 bits per heavy atom. The second-order valence-electron chi connectivity index (χ2n) is 5.15. The van der Waals surface area contributed by atoms with Crippen molar-refractivity contribution in [3.63, 3.8) is 0 Å². The van der Waals surface area contributed by atoms with Crippen molar-refractivity contribution in [2.45, 2.75) is 0 Å². The molecule has 122 valence electrons. The molecule has 0 aliphatic rings. The summed E-state index contributed by atoms with van der Waals surface area (Å²) in [6.07, 6.45) is 3.75. The Morgan fingerprint density at radius 3 is 2.52 bits per heavy atom. The van der Waals surface area contributed by atoms with E-state index in [0.717, 1.165) is 21.3 Å². The first-order valence-electron chi connectivity index (χ1n) is 7.41. The van der Waals surface area contributed by atoms with E-state index in [4.69, 9.17) is 11.6 Å². The number of halogens is 2. The normalized spacial score (nSPS) is 12.0. The number of hydrogen-bond acceptors (Lipinski definition) is 3. The predicted molar refractivity (Wildman–Crippen MR) is 109 cm³/mol. The summed E-state index contributed by atoms with van der Waals surface area (Å²) in [4.78, 5) is 4.58. The minimum atomic E-state index is 0.518. The molecule has 0 saturated heterocycles. The van der Waals surface area contributed by atoms with Gasteiger partial charge in [0.15, 0.2) is 0 Å². The van der Waals surface area contributed by atoms with E-state index in [0.29, 0.717) is 15.6 Å². The van der Waals surface area contributed by atoms with Gasteiger partial charge in [0.25, 0.3) is 0 Å². The van der Waals surface area contributed by atoms with Crippen molar-refractivity contribution in [1.82, 2.24) is 4.98 Å². The minimum absolute atomic E-state index is 0.518. The Bertz CT molecular complexity index is 967. The molecule has 0 spiro atoms. The van der Waals surface area contributed by atoms with Crippen LogP contribution in [0.1, 0.15) is 10.6 Å². The average Bonchev–Trinajstić information content (AvgIpc) is 3.11. The number of benzene rings is 2. The Morgan fingerprint density at radius 1 is 1.12 bits per heavy atom. The maximum Gasteiger partial charge on any atom is 0.134 e. The molecule has 25 heavy (non-hydrogen) atoms. The van der Waals surface area contributed by atoms with E-state index in [1.165, 1.54) is 11.3 Å². The highest BCUT2D eigenvalue weighted by Crippen LogP contribution is 2.28. The molecule has 1 heterocycles. The number of nitrogens with zero attached hydrogens (tertiary/aromatic N) is 2. The van der Waals surface area contributed by atoms with Crippen LogP contribution in [0.25, 0.3) is 22.9 Å². The maximum atomic E-state index is 9.49. The van der Waals surface area contributed by atoms with Gasteiger partial charge < -0.3 is 0 Å². The fourth-order valence-corrected chi connectivity index (χ4v) is 3.59. The van der Waals surface area contributed by atoms with E-state index in [-0.39, 0.29) is 0 Å². The average molecular weight is 428 g/mol. The molecule has 0 fully saturated rings. The first kappa shape index (κ1) is 17.6. The lowest BCUT2D eigenvalue weighted by Gasteiger charge is -1.97. The zero-order chi connectivity index (χ0) is 17.6. The molecule has 0 unspecified atom stereocenters. The maximum absolute atomic E-state index is 9.49. The Kier molecular flexibility index (Phi) is 5.83. The topological polar surface area (TPSA) is 36.7 Å². The summed E-state index contributed by atoms with van der Waals surface area (Å²) in [6, 6.07) is 19.6. The fraction of sp³-hybridized carbons (Fsp3) is 0. The fourth-order valence-electron chi connectivity index (χ4n) is 2.18. The number of hydrogen-bond donors (Lipinski definition) is 0. The lowest BCUT2D eigenvalue weighted by atomic mass is 10.2. The largest absolute Gasteiger partial charge is 0.235 e. The molecule has 0 atom stereocenters. The van der Waals surface area contributed by atoms with Crippen LogP contribution in [0, 0.1) is 11.3 Å². The van der Waals surface area contributed by atoms with Gasteiger partial charge in [-0.25, -0.2) is 4.98 Å². The molecule has 0 aliphatic heterocycles. The molecule has 0 aliphatic carbocycles. The number of rotatable bonds is 4. The second-order valence-corrected chi connectivity index (χ2v) is 7.36. The molecule has 2 nitrogen and oxygen atoms in total. The van der Waals surface area contributed by atoms with Gasteiger partial charge in [-0.05, 0) is 29.8 Å². The highest BCUT2D eigenvalue weighted by atomic mass is 79.9. The lowest BCUT2D eigenvalue weighted by Crippen LogP contribution is -1.83. The Hall–Kier alpha value is -2.19. The van der Waals surface area contributed by atoms with Crippen molar-refractivity contribution in [3.8, 4) is 17.3 Å². The van der Waals surface area contributed by atoms with Crippen LogP contribution in [0.3, 0.4) is 0 Å². The van der Waals surface area contributed by atoms with Crippen LogP contribution in [-0.4, -0.2) is 4.98 Å². The van der Waals surface area contributed by atoms with Crippen LogP contribution in [0.15, 0.2) is 70.5 Å². The van der Waals surface area contributed by atoms with E-state index in [2.05, 4.69) is 27.0 Å². The molecule has 5 heteroatoms. The summed E-state index contributed by atoms with van der Waals surface area (Å²) in [7, 11) is 0. The lowest BCUT2D eigenvalue weighted by molar-refractivity contribution is 1.37. The molecule has 0 radical (unpaired) electrons. The zero-order valence-corrected chi connectivity index (χ0v) is 16.1. The van der Waals surface area contributed by atoms with Crippen molar-refractivity contribution >= 4 is 50.5 Å².